The third-order valence-corrected chi connectivity index (χ3v) is 3.66. The van der Waals surface area contributed by atoms with Crippen LogP contribution in [0, 0.1) is 0 Å². The number of nitrogens with one attached hydrogen (secondary N) is 1. The minimum Gasteiger partial charge on any atom is -0.314 e. The maximum absolute atomic E-state index is 3.61. The molecule has 1 fully saturated rings. The fourth-order valence-electron chi connectivity index (χ4n) is 2.19. The monoisotopic (exact) mass is 261 g/mol. The Balaban J connectivity index is 1.82. The molecule has 1 aliphatic heterocycles. The first-order chi connectivity index (χ1) is 6.93. The standard InChI is InChI=1S/C12H24BrN/c13-10-6-3-1-2-4-8-12-9-5-7-11-14-12/h12,14H,1-11H2. The summed E-state index contributed by atoms with van der Waals surface area (Å²) >= 11 is 3.47. The third kappa shape index (κ3) is 6.02. The fourth-order valence-corrected chi connectivity index (χ4v) is 2.58. The van der Waals surface area contributed by atoms with Gasteiger partial charge in [0.25, 0.3) is 0 Å². The van der Waals surface area contributed by atoms with E-state index in [2.05, 4.69) is 21.2 Å². The van der Waals surface area contributed by atoms with Gasteiger partial charge in [-0.25, -0.2) is 0 Å². The minimum absolute atomic E-state index is 0.847. The van der Waals surface area contributed by atoms with E-state index in [9.17, 15) is 0 Å². The molecule has 0 radical (unpaired) electrons. The molecule has 0 amide bonds. The second kappa shape index (κ2) is 8.72. The smallest absolute Gasteiger partial charge is 0.00670 e. The highest BCUT2D eigenvalue weighted by Crippen LogP contribution is 2.14. The lowest BCUT2D eigenvalue weighted by Crippen LogP contribution is -2.33. The summed E-state index contributed by atoms with van der Waals surface area (Å²) in [5.41, 5.74) is 0. The second-order valence-electron chi connectivity index (χ2n) is 4.39. The molecule has 0 spiro atoms. The predicted molar refractivity (Wildman–Crippen MR) is 67.1 cm³/mol. The molecule has 0 bridgehead atoms. The van der Waals surface area contributed by atoms with Crippen LogP contribution in [-0.4, -0.2) is 17.9 Å². The van der Waals surface area contributed by atoms with Gasteiger partial charge in [-0.15, -0.1) is 0 Å². The first-order valence-corrected chi connectivity index (χ1v) is 7.35. The molecule has 84 valence electrons. The van der Waals surface area contributed by atoms with Crippen molar-refractivity contribution < 1.29 is 0 Å². The molecule has 0 aromatic rings. The van der Waals surface area contributed by atoms with E-state index in [0.29, 0.717) is 0 Å². The Labute approximate surface area is 97.2 Å². The van der Waals surface area contributed by atoms with Gasteiger partial charge in [0.15, 0.2) is 0 Å². The SMILES string of the molecule is BrCCCCCCCC1CCCCN1. The van der Waals surface area contributed by atoms with Crippen molar-refractivity contribution in [3.63, 3.8) is 0 Å². The van der Waals surface area contributed by atoms with Gasteiger partial charge in [0, 0.05) is 11.4 Å². The van der Waals surface area contributed by atoms with Gasteiger partial charge in [-0.05, 0) is 32.2 Å². The highest BCUT2D eigenvalue weighted by atomic mass is 79.9. The average molecular weight is 262 g/mol. The van der Waals surface area contributed by atoms with Crippen LogP contribution in [0.2, 0.25) is 0 Å². The first-order valence-electron chi connectivity index (χ1n) is 6.23. The summed E-state index contributed by atoms with van der Waals surface area (Å²) in [4.78, 5) is 0. The van der Waals surface area contributed by atoms with Gasteiger partial charge in [-0.2, -0.15) is 0 Å². The Morgan fingerprint density at radius 1 is 1.00 bits per heavy atom. The highest BCUT2D eigenvalue weighted by molar-refractivity contribution is 9.09. The Kier molecular flexibility index (Phi) is 7.80. The lowest BCUT2D eigenvalue weighted by atomic mass is 9.99. The van der Waals surface area contributed by atoms with Crippen molar-refractivity contribution in [2.45, 2.75) is 63.8 Å². The molecule has 1 nitrogen and oxygen atoms in total. The van der Waals surface area contributed by atoms with Crippen molar-refractivity contribution in [2.75, 3.05) is 11.9 Å². The second-order valence-corrected chi connectivity index (χ2v) is 5.19. The van der Waals surface area contributed by atoms with E-state index >= 15 is 0 Å². The van der Waals surface area contributed by atoms with E-state index in [0.717, 1.165) is 6.04 Å². The summed E-state index contributed by atoms with van der Waals surface area (Å²) in [5.74, 6) is 0. The fraction of sp³-hybridized carbons (Fsp3) is 1.00. The first kappa shape index (κ1) is 12.5. The zero-order chi connectivity index (χ0) is 10.1. The highest BCUT2D eigenvalue weighted by Gasteiger charge is 2.10. The van der Waals surface area contributed by atoms with E-state index in [1.54, 1.807) is 0 Å². The van der Waals surface area contributed by atoms with Gasteiger partial charge in [0.2, 0.25) is 0 Å². The van der Waals surface area contributed by atoms with E-state index in [1.807, 2.05) is 0 Å². The molecular formula is C12H24BrN. The lowest BCUT2D eigenvalue weighted by Gasteiger charge is -2.23. The van der Waals surface area contributed by atoms with E-state index < -0.39 is 0 Å². The van der Waals surface area contributed by atoms with Gasteiger partial charge in [0.05, 0.1) is 0 Å². The summed E-state index contributed by atoms with van der Waals surface area (Å²) in [5, 5.41) is 4.79. The Bertz CT molecular complexity index is 121. The quantitative estimate of drug-likeness (QED) is 0.542. The summed E-state index contributed by atoms with van der Waals surface area (Å²) < 4.78 is 0. The normalized spacial score (nSPS) is 22.5. The van der Waals surface area contributed by atoms with Gasteiger partial charge in [-0.3, -0.25) is 0 Å². The van der Waals surface area contributed by atoms with Crippen LogP contribution in [0.3, 0.4) is 0 Å². The molecule has 1 aliphatic rings. The molecule has 1 saturated heterocycles. The number of hydrogen-bond donors (Lipinski definition) is 1. The van der Waals surface area contributed by atoms with E-state index in [-0.39, 0.29) is 0 Å². The summed E-state index contributed by atoms with van der Waals surface area (Å²) in [6.45, 7) is 1.26. The Morgan fingerprint density at radius 3 is 2.50 bits per heavy atom. The third-order valence-electron chi connectivity index (χ3n) is 3.10. The molecule has 1 N–H and O–H groups in total. The number of piperidine rings is 1. The maximum Gasteiger partial charge on any atom is 0.00670 e. The molecule has 0 aromatic carbocycles. The molecule has 1 atom stereocenters. The van der Waals surface area contributed by atoms with Crippen molar-refractivity contribution >= 4 is 15.9 Å². The lowest BCUT2D eigenvalue weighted by molar-refractivity contribution is 0.370. The van der Waals surface area contributed by atoms with Gasteiger partial charge in [-0.1, -0.05) is 48.0 Å². The number of rotatable bonds is 7. The number of unbranched alkanes of at least 4 members (excludes halogenated alkanes) is 4. The molecule has 0 aromatic heterocycles. The summed E-state index contributed by atoms with van der Waals surface area (Å²) in [6.07, 6.45) is 12.7. The molecule has 1 heterocycles. The van der Waals surface area contributed by atoms with Crippen LogP contribution in [-0.2, 0) is 0 Å². The number of alkyl halides is 1. The predicted octanol–water partition coefficient (Wildman–Crippen LogP) is 3.86. The summed E-state index contributed by atoms with van der Waals surface area (Å²) in [7, 11) is 0. The van der Waals surface area contributed by atoms with Crippen LogP contribution in [0.15, 0.2) is 0 Å². The zero-order valence-corrected chi connectivity index (χ0v) is 10.8. The van der Waals surface area contributed by atoms with E-state index in [4.69, 9.17) is 0 Å². The van der Waals surface area contributed by atoms with Crippen molar-refractivity contribution in [3.05, 3.63) is 0 Å². The van der Waals surface area contributed by atoms with Crippen LogP contribution >= 0.6 is 15.9 Å². The van der Waals surface area contributed by atoms with Gasteiger partial charge >= 0.3 is 0 Å². The molecule has 2 heteroatoms. The average Bonchev–Trinajstić information content (AvgIpc) is 2.25. The van der Waals surface area contributed by atoms with Crippen LogP contribution < -0.4 is 5.32 Å². The largest absolute Gasteiger partial charge is 0.314 e. The molecule has 14 heavy (non-hydrogen) atoms. The maximum atomic E-state index is 3.61. The molecular weight excluding hydrogens is 238 g/mol. The van der Waals surface area contributed by atoms with Crippen LogP contribution in [0.4, 0.5) is 0 Å². The number of hydrogen-bond acceptors (Lipinski definition) is 1. The topological polar surface area (TPSA) is 12.0 Å². The Hall–Kier alpha value is 0.440. The molecule has 1 unspecified atom stereocenters. The summed E-state index contributed by atoms with van der Waals surface area (Å²) in [6, 6.07) is 0.847. The van der Waals surface area contributed by atoms with Crippen LogP contribution in [0.1, 0.15) is 57.8 Å². The molecule has 0 aliphatic carbocycles. The van der Waals surface area contributed by atoms with Gasteiger partial charge in [0.1, 0.15) is 0 Å². The number of halogens is 1. The van der Waals surface area contributed by atoms with Crippen molar-refractivity contribution in [2.24, 2.45) is 0 Å². The van der Waals surface area contributed by atoms with Crippen LogP contribution in [0.5, 0.6) is 0 Å². The van der Waals surface area contributed by atoms with Gasteiger partial charge < -0.3 is 5.32 Å². The van der Waals surface area contributed by atoms with Crippen molar-refractivity contribution in [3.8, 4) is 0 Å². The van der Waals surface area contributed by atoms with Crippen molar-refractivity contribution in [1.82, 2.24) is 5.32 Å². The zero-order valence-electron chi connectivity index (χ0n) is 9.23. The Morgan fingerprint density at radius 2 is 1.79 bits per heavy atom. The minimum atomic E-state index is 0.847. The molecule has 0 saturated carbocycles. The molecule has 1 rings (SSSR count). The van der Waals surface area contributed by atoms with Crippen LogP contribution in [0.25, 0.3) is 0 Å². The van der Waals surface area contributed by atoms with Crippen molar-refractivity contribution in [1.29, 1.82) is 0 Å². The van der Waals surface area contributed by atoms with E-state index in [1.165, 1.54) is 69.7 Å².